The van der Waals surface area contributed by atoms with Gasteiger partial charge in [0.2, 0.25) is 0 Å². The third-order valence-electron chi connectivity index (χ3n) is 4.35. The highest BCUT2D eigenvalue weighted by Crippen LogP contribution is 2.35. The van der Waals surface area contributed by atoms with Crippen molar-refractivity contribution in [3.8, 4) is 5.75 Å². The first-order valence-corrected chi connectivity index (χ1v) is 9.06. The fraction of sp³-hybridized carbons (Fsp3) is 0.0435. The average molecular weight is 391 g/mol. The van der Waals surface area contributed by atoms with E-state index in [1.165, 1.54) is 0 Å². The molecule has 3 aromatic carbocycles. The van der Waals surface area contributed by atoms with E-state index >= 15 is 0 Å². The van der Waals surface area contributed by atoms with Crippen LogP contribution < -0.4 is 10.4 Å². The zero-order valence-electron chi connectivity index (χ0n) is 14.7. The Hall–Kier alpha value is -3.37. The van der Waals surface area contributed by atoms with E-state index in [-0.39, 0.29) is 23.3 Å². The predicted octanol–water partition coefficient (Wildman–Crippen LogP) is 5.26. The Labute approximate surface area is 166 Å². The van der Waals surface area contributed by atoms with E-state index in [4.69, 9.17) is 20.8 Å². The van der Waals surface area contributed by atoms with Crippen molar-refractivity contribution >= 4 is 28.5 Å². The summed E-state index contributed by atoms with van der Waals surface area (Å²) in [6.07, 6.45) is 0.252. The van der Waals surface area contributed by atoms with Crippen LogP contribution in [0.3, 0.4) is 0 Å². The van der Waals surface area contributed by atoms with E-state index in [9.17, 15) is 9.59 Å². The van der Waals surface area contributed by atoms with Crippen LogP contribution in [-0.2, 0) is 6.42 Å². The van der Waals surface area contributed by atoms with Gasteiger partial charge in [-0.05, 0) is 29.8 Å². The monoisotopic (exact) mass is 390 g/mol. The lowest BCUT2D eigenvalue weighted by Crippen LogP contribution is -2.16. The van der Waals surface area contributed by atoms with Gasteiger partial charge in [-0.3, -0.25) is 0 Å². The number of halogens is 1. The first-order chi connectivity index (χ1) is 13.6. The molecule has 0 atom stereocenters. The molecule has 0 saturated heterocycles. The van der Waals surface area contributed by atoms with Gasteiger partial charge in [0.05, 0.1) is 21.5 Å². The van der Waals surface area contributed by atoms with Crippen LogP contribution in [0.4, 0.5) is 0 Å². The van der Waals surface area contributed by atoms with Gasteiger partial charge in [-0.15, -0.1) is 0 Å². The van der Waals surface area contributed by atoms with Crippen molar-refractivity contribution in [3.05, 3.63) is 111 Å². The fourth-order valence-electron chi connectivity index (χ4n) is 3.01. The minimum Gasteiger partial charge on any atom is -0.422 e. The van der Waals surface area contributed by atoms with Gasteiger partial charge < -0.3 is 9.15 Å². The molecule has 0 amide bonds. The lowest BCUT2D eigenvalue weighted by Gasteiger charge is -2.13. The lowest BCUT2D eigenvalue weighted by molar-refractivity contribution is 0.0735. The number of fused-ring (bicyclic) bond motifs is 1. The van der Waals surface area contributed by atoms with E-state index < -0.39 is 11.6 Å². The summed E-state index contributed by atoms with van der Waals surface area (Å²) in [4.78, 5) is 25.4. The standard InChI is InChI=1S/C23H15ClO4/c24-18-12-7-13-19-20(18)21(28-22(25)16-10-5-2-6-11-16)17(23(26)27-19)14-15-8-3-1-4-9-15/h1-13H,14H2. The molecule has 0 unspecified atom stereocenters. The number of esters is 1. The van der Waals surface area contributed by atoms with Crippen LogP contribution in [0.25, 0.3) is 11.0 Å². The largest absolute Gasteiger partial charge is 0.422 e. The first kappa shape index (κ1) is 18.0. The maximum absolute atomic E-state index is 12.7. The van der Waals surface area contributed by atoms with Crippen molar-refractivity contribution in [2.45, 2.75) is 6.42 Å². The van der Waals surface area contributed by atoms with Crippen LogP contribution in [0.1, 0.15) is 21.5 Å². The predicted molar refractivity (Wildman–Crippen MR) is 108 cm³/mol. The van der Waals surface area contributed by atoms with Crippen LogP contribution in [0.2, 0.25) is 5.02 Å². The molecule has 4 aromatic rings. The molecule has 28 heavy (non-hydrogen) atoms. The summed E-state index contributed by atoms with van der Waals surface area (Å²) >= 11 is 6.37. The third-order valence-corrected chi connectivity index (χ3v) is 4.67. The Bertz CT molecular complexity index is 1200. The zero-order chi connectivity index (χ0) is 19.5. The van der Waals surface area contributed by atoms with Crippen molar-refractivity contribution in [2.75, 3.05) is 0 Å². The van der Waals surface area contributed by atoms with Crippen LogP contribution in [0.15, 0.2) is 88.1 Å². The van der Waals surface area contributed by atoms with E-state index in [2.05, 4.69) is 0 Å². The Balaban J connectivity index is 1.89. The topological polar surface area (TPSA) is 56.5 Å². The van der Waals surface area contributed by atoms with Crippen molar-refractivity contribution in [1.82, 2.24) is 0 Å². The molecular weight excluding hydrogens is 376 g/mol. The normalized spacial score (nSPS) is 10.8. The zero-order valence-corrected chi connectivity index (χ0v) is 15.5. The second-order valence-corrected chi connectivity index (χ2v) is 6.64. The molecule has 0 aliphatic carbocycles. The number of hydrogen-bond donors (Lipinski definition) is 0. The second-order valence-electron chi connectivity index (χ2n) is 6.23. The second kappa shape index (κ2) is 7.71. The van der Waals surface area contributed by atoms with E-state index in [1.54, 1.807) is 48.5 Å². The van der Waals surface area contributed by atoms with Gasteiger partial charge in [-0.2, -0.15) is 0 Å². The molecule has 0 fully saturated rings. The van der Waals surface area contributed by atoms with Crippen molar-refractivity contribution in [1.29, 1.82) is 0 Å². The number of carbonyl (C=O) groups excluding carboxylic acids is 1. The Morgan fingerprint density at radius 2 is 1.57 bits per heavy atom. The van der Waals surface area contributed by atoms with E-state index in [1.807, 2.05) is 30.3 Å². The average Bonchev–Trinajstić information content (AvgIpc) is 2.72. The molecule has 0 radical (unpaired) electrons. The van der Waals surface area contributed by atoms with Gasteiger partial charge in [-0.25, -0.2) is 9.59 Å². The minimum atomic E-state index is -0.568. The number of rotatable bonds is 4. The number of carbonyl (C=O) groups is 1. The summed E-state index contributed by atoms with van der Waals surface area (Å²) in [6, 6.07) is 23.0. The molecular formula is C23H15ClO4. The van der Waals surface area contributed by atoms with Crippen LogP contribution in [0, 0.1) is 0 Å². The highest BCUT2D eigenvalue weighted by Gasteiger charge is 2.21. The summed E-state index contributed by atoms with van der Waals surface area (Å²) in [5.74, 6) is -0.434. The van der Waals surface area contributed by atoms with Gasteiger partial charge >= 0.3 is 11.6 Å². The SMILES string of the molecule is O=C(Oc1c(Cc2ccccc2)c(=O)oc2cccc(Cl)c12)c1ccccc1. The van der Waals surface area contributed by atoms with Gasteiger partial charge in [0.1, 0.15) is 5.58 Å². The molecule has 1 heterocycles. The molecule has 0 bridgehead atoms. The highest BCUT2D eigenvalue weighted by molar-refractivity contribution is 6.36. The van der Waals surface area contributed by atoms with Crippen molar-refractivity contribution < 1.29 is 13.9 Å². The summed E-state index contributed by atoms with van der Waals surface area (Å²) in [5.41, 5.74) is 1.22. The minimum absolute atomic E-state index is 0.134. The number of benzene rings is 3. The molecule has 0 aliphatic rings. The third kappa shape index (κ3) is 3.55. The molecule has 0 spiro atoms. The van der Waals surface area contributed by atoms with Crippen molar-refractivity contribution in [2.24, 2.45) is 0 Å². The molecule has 0 N–H and O–H groups in total. The Morgan fingerprint density at radius 1 is 0.893 bits per heavy atom. The molecule has 0 aliphatic heterocycles. The Morgan fingerprint density at radius 3 is 2.29 bits per heavy atom. The van der Waals surface area contributed by atoms with Crippen LogP contribution in [-0.4, -0.2) is 5.97 Å². The van der Waals surface area contributed by atoms with Crippen LogP contribution in [0.5, 0.6) is 5.75 Å². The van der Waals surface area contributed by atoms with Gasteiger partial charge in [0.15, 0.2) is 5.75 Å². The van der Waals surface area contributed by atoms with Gasteiger partial charge in [-0.1, -0.05) is 66.2 Å². The number of hydrogen-bond acceptors (Lipinski definition) is 4. The maximum Gasteiger partial charge on any atom is 0.343 e. The quantitative estimate of drug-likeness (QED) is 0.352. The smallest absolute Gasteiger partial charge is 0.343 e. The first-order valence-electron chi connectivity index (χ1n) is 8.69. The summed E-state index contributed by atoms with van der Waals surface area (Å²) < 4.78 is 11.1. The van der Waals surface area contributed by atoms with E-state index in [0.717, 1.165) is 5.56 Å². The highest BCUT2D eigenvalue weighted by atomic mass is 35.5. The van der Waals surface area contributed by atoms with Crippen LogP contribution >= 0.6 is 11.6 Å². The fourth-order valence-corrected chi connectivity index (χ4v) is 3.26. The molecule has 4 nitrogen and oxygen atoms in total. The molecule has 0 saturated carbocycles. The summed E-state index contributed by atoms with van der Waals surface area (Å²) in [5, 5.41) is 0.741. The molecule has 1 aromatic heterocycles. The molecule has 138 valence electrons. The number of ether oxygens (including phenoxy) is 1. The molecule has 4 rings (SSSR count). The van der Waals surface area contributed by atoms with E-state index in [0.29, 0.717) is 16.0 Å². The van der Waals surface area contributed by atoms with Crippen molar-refractivity contribution in [3.63, 3.8) is 0 Å². The van der Waals surface area contributed by atoms with Gasteiger partial charge in [0.25, 0.3) is 0 Å². The lowest BCUT2D eigenvalue weighted by atomic mass is 10.0. The maximum atomic E-state index is 12.7. The summed E-state index contributed by atoms with van der Waals surface area (Å²) in [7, 11) is 0. The van der Waals surface area contributed by atoms with Gasteiger partial charge in [0, 0.05) is 6.42 Å². The molecule has 5 heteroatoms. The Kier molecular flexibility index (Phi) is 4.96. The summed E-state index contributed by atoms with van der Waals surface area (Å²) in [6.45, 7) is 0.